The summed E-state index contributed by atoms with van der Waals surface area (Å²) in [5, 5.41) is 3.74. The zero-order chi connectivity index (χ0) is 8.10. The molecule has 0 aliphatic carbocycles. The van der Waals surface area contributed by atoms with Crippen molar-refractivity contribution in [3.8, 4) is 0 Å². The van der Waals surface area contributed by atoms with E-state index in [0.717, 1.165) is 18.7 Å². The summed E-state index contributed by atoms with van der Waals surface area (Å²) in [7, 11) is 0. The lowest BCUT2D eigenvalue weighted by Gasteiger charge is -2.02. The monoisotopic (exact) mass is 170 g/mol. The molecule has 0 aliphatic rings. The van der Waals surface area contributed by atoms with Crippen LogP contribution in [-0.2, 0) is 0 Å². The summed E-state index contributed by atoms with van der Waals surface area (Å²) >= 11 is 5.67. The van der Waals surface area contributed by atoms with E-state index in [0.29, 0.717) is 5.15 Å². The van der Waals surface area contributed by atoms with Crippen molar-refractivity contribution >= 4 is 17.3 Å². The van der Waals surface area contributed by atoms with Gasteiger partial charge in [-0.05, 0) is 18.6 Å². The van der Waals surface area contributed by atoms with Crippen LogP contribution in [0.1, 0.15) is 13.3 Å². The predicted molar refractivity (Wildman–Crippen MR) is 48.0 cm³/mol. The molecule has 2 nitrogen and oxygen atoms in total. The lowest BCUT2D eigenvalue weighted by Crippen LogP contribution is -1.99. The third-order valence-corrected chi connectivity index (χ3v) is 1.51. The summed E-state index contributed by atoms with van der Waals surface area (Å²) in [6.07, 6.45) is 2.81. The second-order valence-corrected chi connectivity index (χ2v) is 2.68. The normalized spacial score (nSPS) is 9.64. The molecule has 3 heteroatoms. The maximum atomic E-state index is 5.67. The lowest BCUT2D eigenvalue weighted by molar-refractivity contribution is 0.979. The minimum Gasteiger partial charge on any atom is -0.385 e. The molecule has 0 radical (unpaired) electrons. The van der Waals surface area contributed by atoms with Crippen LogP contribution in [0, 0.1) is 0 Å². The van der Waals surface area contributed by atoms with Crippen LogP contribution in [0.4, 0.5) is 5.69 Å². The highest BCUT2D eigenvalue weighted by molar-refractivity contribution is 6.29. The molecule has 1 N–H and O–H groups in total. The fourth-order valence-corrected chi connectivity index (χ4v) is 0.956. The Morgan fingerprint density at radius 2 is 2.45 bits per heavy atom. The van der Waals surface area contributed by atoms with Crippen molar-refractivity contribution in [1.82, 2.24) is 4.98 Å². The second kappa shape index (κ2) is 4.19. The number of hydrogen-bond donors (Lipinski definition) is 1. The summed E-state index contributed by atoms with van der Waals surface area (Å²) < 4.78 is 0. The summed E-state index contributed by atoms with van der Waals surface area (Å²) in [6.45, 7) is 3.09. The first-order valence-electron chi connectivity index (χ1n) is 3.68. The number of halogens is 1. The first-order chi connectivity index (χ1) is 5.33. The molecule has 1 rings (SSSR count). The third-order valence-electron chi connectivity index (χ3n) is 1.31. The smallest absolute Gasteiger partial charge is 0.131 e. The molecule has 0 atom stereocenters. The van der Waals surface area contributed by atoms with Crippen LogP contribution >= 0.6 is 11.6 Å². The van der Waals surface area contributed by atoms with Crippen molar-refractivity contribution in [1.29, 1.82) is 0 Å². The molecule has 0 fully saturated rings. The molecule has 1 heterocycles. The molecule has 0 unspecified atom stereocenters. The average Bonchev–Trinajstić information content (AvgIpc) is 2.01. The standard InChI is InChI=1S/C8H11ClN2/c1-2-4-10-7-3-5-11-8(9)6-7/h3,5-6H,2,4H2,1H3,(H,10,11). The van der Waals surface area contributed by atoms with E-state index in [1.54, 1.807) is 6.20 Å². The Labute approximate surface area is 71.6 Å². The van der Waals surface area contributed by atoms with Crippen molar-refractivity contribution in [3.63, 3.8) is 0 Å². The highest BCUT2D eigenvalue weighted by atomic mass is 35.5. The van der Waals surface area contributed by atoms with Gasteiger partial charge in [-0.25, -0.2) is 4.98 Å². The van der Waals surface area contributed by atoms with Gasteiger partial charge >= 0.3 is 0 Å². The molecule has 0 bridgehead atoms. The van der Waals surface area contributed by atoms with Gasteiger partial charge in [-0.2, -0.15) is 0 Å². The summed E-state index contributed by atoms with van der Waals surface area (Å²) in [6, 6.07) is 3.72. The molecule has 1 aromatic heterocycles. The molecule has 0 spiro atoms. The molecule has 0 amide bonds. The van der Waals surface area contributed by atoms with Crippen LogP contribution in [0.15, 0.2) is 18.3 Å². The van der Waals surface area contributed by atoms with E-state index in [9.17, 15) is 0 Å². The van der Waals surface area contributed by atoms with Crippen molar-refractivity contribution < 1.29 is 0 Å². The van der Waals surface area contributed by atoms with Gasteiger partial charge in [0.1, 0.15) is 5.15 Å². The van der Waals surface area contributed by atoms with Gasteiger partial charge in [0, 0.05) is 18.4 Å². The van der Waals surface area contributed by atoms with Crippen LogP contribution in [0.3, 0.4) is 0 Å². The fraction of sp³-hybridized carbons (Fsp3) is 0.375. The van der Waals surface area contributed by atoms with Gasteiger partial charge in [0.15, 0.2) is 0 Å². The number of anilines is 1. The van der Waals surface area contributed by atoms with Crippen LogP contribution in [0.2, 0.25) is 5.15 Å². The van der Waals surface area contributed by atoms with Gasteiger partial charge in [0.25, 0.3) is 0 Å². The zero-order valence-corrected chi connectivity index (χ0v) is 7.23. The highest BCUT2D eigenvalue weighted by Gasteiger charge is 1.91. The first-order valence-corrected chi connectivity index (χ1v) is 4.06. The Bertz CT molecular complexity index is 225. The predicted octanol–water partition coefficient (Wildman–Crippen LogP) is 2.56. The third kappa shape index (κ3) is 2.76. The molecule has 11 heavy (non-hydrogen) atoms. The molecule has 0 aromatic carbocycles. The number of hydrogen-bond acceptors (Lipinski definition) is 2. The van der Waals surface area contributed by atoms with Gasteiger partial charge in [-0.1, -0.05) is 18.5 Å². The summed E-state index contributed by atoms with van der Waals surface area (Å²) in [5.74, 6) is 0. The molecule has 0 saturated carbocycles. The topological polar surface area (TPSA) is 24.9 Å². The minimum absolute atomic E-state index is 0.533. The molecule has 0 saturated heterocycles. The molecule has 60 valence electrons. The van der Waals surface area contributed by atoms with Gasteiger partial charge in [0.05, 0.1) is 0 Å². The van der Waals surface area contributed by atoms with Gasteiger partial charge in [-0.15, -0.1) is 0 Å². The van der Waals surface area contributed by atoms with E-state index >= 15 is 0 Å². The number of nitrogens with one attached hydrogen (secondary N) is 1. The van der Waals surface area contributed by atoms with Crippen LogP contribution in [0.25, 0.3) is 0 Å². The Hall–Kier alpha value is -0.760. The second-order valence-electron chi connectivity index (χ2n) is 2.29. The maximum absolute atomic E-state index is 5.67. The largest absolute Gasteiger partial charge is 0.385 e. The van der Waals surface area contributed by atoms with Gasteiger partial charge in [0.2, 0.25) is 0 Å². The van der Waals surface area contributed by atoms with Crippen LogP contribution in [0.5, 0.6) is 0 Å². The highest BCUT2D eigenvalue weighted by Crippen LogP contribution is 2.11. The van der Waals surface area contributed by atoms with E-state index in [1.165, 1.54) is 0 Å². The zero-order valence-electron chi connectivity index (χ0n) is 6.47. The Balaban J connectivity index is 2.56. The Morgan fingerprint density at radius 1 is 1.64 bits per heavy atom. The first kappa shape index (κ1) is 8.34. The number of aromatic nitrogens is 1. The van der Waals surface area contributed by atoms with Gasteiger partial charge in [-0.3, -0.25) is 0 Å². The maximum Gasteiger partial charge on any atom is 0.131 e. The number of pyridine rings is 1. The van der Waals surface area contributed by atoms with Crippen molar-refractivity contribution in [2.45, 2.75) is 13.3 Å². The van der Waals surface area contributed by atoms with Crippen LogP contribution < -0.4 is 5.32 Å². The van der Waals surface area contributed by atoms with Crippen molar-refractivity contribution in [2.24, 2.45) is 0 Å². The van der Waals surface area contributed by atoms with Crippen molar-refractivity contribution in [3.05, 3.63) is 23.5 Å². The Kier molecular flexibility index (Phi) is 3.17. The number of rotatable bonds is 3. The fourth-order valence-electron chi connectivity index (χ4n) is 0.782. The quantitative estimate of drug-likeness (QED) is 0.706. The van der Waals surface area contributed by atoms with Crippen molar-refractivity contribution in [2.75, 3.05) is 11.9 Å². The van der Waals surface area contributed by atoms with Crippen LogP contribution in [-0.4, -0.2) is 11.5 Å². The molecular formula is C8H11ClN2. The minimum atomic E-state index is 0.533. The SMILES string of the molecule is CCCNc1ccnc(Cl)c1. The molecule has 0 aliphatic heterocycles. The molecule has 1 aromatic rings. The van der Waals surface area contributed by atoms with Gasteiger partial charge < -0.3 is 5.32 Å². The van der Waals surface area contributed by atoms with E-state index in [-0.39, 0.29) is 0 Å². The summed E-state index contributed by atoms with van der Waals surface area (Å²) in [5.41, 5.74) is 1.03. The van der Waals surface area contributed by atoms with E-state index in [1.807, 2.05) is 12.1 Å². The molecular weight excluding hydrogens is 160 g/mol. The number of nitrogens with zero attached hydrogens (tertiary/aromatic N) is 1. The average molecular weight is 171 g/mol. The van der Waals surface area contributed by atoms with E-state index in [2.05, 4.69) is 17.2 Å². The Morgan fingerprint density at radius 3 is 3.09 bits per heavy atom. The summed E-state index contributed by atoms with van der Waals surface area (Å²) in [4.78, 5) is 3.87. The van der Waals surface area contributed by atoms with E-state index in [4.69, 9.17) is 11.6 Å². The lowest BCUT2D eigenvalue weighted by atomic mass is 10.4. The van der Waals surface area contributed by atoms with E-state index < -0.39 is 0 Å².